The Morgan fingerprint density at radius 2 is 2.03 bits per heavy atom. The second-order valence-corrected chi connectivity index (χ2v) is 11.3. The average molecular weight is 520 g/mol. The van der Waals surface area contributed by atoms with Crippen LogP contribution in [0.2, 0.25) is 0 Å². The van der Waals surface area contributed by atoms with E-state index < -0.39 is 50.9 Å². The number of nitrogens with one attached hydrogen (secondary N) is 2. The molecule has 0 spiro atoms. The topological polar surface area (TPSA) is 158 Å². The molecule has 12 heteroatoms. The largest absolute Gasteiger partial charge is 0.390 e. The third kappa shape index (κ3) is 6.83. The number of nitrogens with zero attached hydrogens (tertiary/aromatic N) is 3. The van der Waals surface area contributed by atoms with Crippen LogP contribution in [0.3, 0.4) is 0 Å². The fourth-order valence-electron chi connectivity index (χ4n) is 4.10. The molecule has 0 aliphatic carbocycles. The molecule has 3 rings (SSSR count). The van der Waals surface area contributed by atoms with Crippen molar-refractivity contribution in [2.45, 2.75) is 64.6 Å². The molecule has 1 aromatic heterocycles. The minimum Gasteiger partial charge on any atom is -0.390 e. The van der Waals surface area contributed by atoms with E-state index in [1.165, 1.54) is 18.5 Å². The maximum absolute atomic E-state index is 13.1. The normalized spacial score (nSPS) is 22.0. The fourth-order valence-corrected chi connectivity index (χ4v) is 5.62. The summed E-state index contributed by atoms with van der Waals surface area (Å²) in [6.45, 7) is 5.44. The second kappa shape index (κ2) is 11.8. The van der Waals surface area contributed by atoms with E-state index in [0.29, 0.717) is 24.8 Å². The quantitative estimate of drug-likeness (QED) is 0.478. The smallest absolute Gasteiger partial charge is 0.264 e. The number of aliphatic imine (C=N–C) groups is 1. The van der Waals surface area contributed by atoms with Crippen LogP contribution in [-0.2, 0) is 19.6 Å². The molecule has 1 fully saturated rings. The molecule has 2 aliphatic rings. The summed E-state index contributed by atoms with van der Waals surface area (Å²) in [5.41, 5.74) is 1.09. The Balaban J connectivity index is 1.68. The highest BCUT2D eigenvalue weighted by Gasteiger charge is 2.38. The van der Waals surface area contributed by atoms with Gasteiger partial charge in [-0.2, -0.15) is 4.31 Å². The van der Waals surface area contributed by atoms with Crippen LogP contribution < -0.4 is 10.6 Å². The van der Waals surface area contributed by atoms with Crippen LogP contribution in [0.25, 0.3) is 0 Å². The number of aromatic nitrogens is 1. The molecule has 0 aromatic carbocycles. The zero-order valence-corrected chi connectivity index (χ0v) is 21.5. The summed E-state index contributed by atoms with van der Waals surface area (Å²) in [7, 11) is -4.18. The van der Waals surface area contributed by atoms with Crippen LogP contribution in [0.15, 0.2) is 35.6 Å². The minimum absolute atomic E-state index is 0.0469. The molecule has 2 unspecified atom stereocenters. The van der Waals surface area contributed by atoms with Gasteiger partial charge >= 0.3 is 0 Å². The number of ketones is 1. The summed E-state index contributed by atoms with van der Waals surface area (Å²) in [6, 6.07) is 1.75. The van der Waals surface area contributed by atoms with Gasteiger partial charge in [0.2, 0.25) is 11.0 Å². The number of Topliss-reactive ketones (excluding diaryl/α,β-unsaturated/α-hetero) is 1. The molecule has 1 saturated heterocycles. The molecular weight excluding hydrogens is 486 g/mol. The van der Waals surface area contributed by atoms with Gasteiger partial charge in [-0.25, -0.2) is 13.4 Å². The summed E-state index contributed by atoms with van der Waals surface area (Å²) in [5, 5.41) is 15.8. The van der Waals surface area contributed by atoms with E-state index in [1.807, 2.05) is 13.8 Å². The lowest BCUT2D eigenvalue weighted by Gasteiger charge is -2.27. The standard InChI is InChI=1S/C24H33N5O6S/c1-15(2)12-19(28-22(32)17-9-8-16(3)26-13-17)23(33)27-18-6-5-11-29(14-21(18)31)36(34,35)24-20(30)7-4-10-25-24/h4,8-10,13,15,18-19,21,31H,5-7,11-12,14H2,1-3H3,(H,27,33)(H,28,32)/t18?,19?,21-/m0/s1. The van der Waals surface area contributed by atoms with Crippen molar-refractivity contribution in [1.82, 2.24) is 19.9 Å². The number of hydrogen-bond donors (Lipinski definition) is 3. The fraction of sp³-hybridized carbons (Fsp3) is 0.542. The molecule has 3 atom stereocenters. The average Bonchev–Trinajstić information content (AvgIpc) is 3.00. The number of carbonyl (C=O) groups is 3. The van der Waals surface area contributed by atoms with Crippen molar-refractivity contribution < 1.29 is 27.9 Å². The maximum atomic E-state index is 13.1. The lowest BCUT2D eigenvalue weighted by Crippen LogP contribution is -2.54. The highest BCUT2D eigenvalue weighted by atomic mass is 32.2. The van der Waals surface area contributed by atoms with Crippen molar-refractivity contribution in [3.05, 3.63) is 41.9 Å². The van der Waals surface area contributed by atoms with Crippen LogP contribution in [-0.4, -0.2) is 76.7 Å². The number of aryl methyl sites for hydroxylation is 1. The van der Waals surface area contributed by atoms with E-state index in [-0.39, 0.29) is 25.4 Å². The van der Waals surface area contributed by atoms with Crippen LogP contribution in [0.4, 0.5) is 0 Å². The zero-order valence-electron chi connectivity index (χ0n) is 20.7. The van der Waals surface area contributed by atoms with Gasteiger partial charge in [0.1, 0.15) is 6.04 Å². The minimum atomic E-state index is -4.18. The van der Waals surface area contributed by atoms with Crippen molar-refractivity contribution >= 4 is 32.7 Å². The van der Waals surface area contributed by atoms with E-state index in [1.54, 1.807) is 19.1 Å². The lowest BCUT2D eigenvalue weighted by atomic mass is 10.0. The number of aliphatic hydroxyl groups is 1. The van der Waals surface area contributed by atoms with Crippen LogP contribution >= 0.6 is 0 Å². The van der Waals surface area contributed by atoms with Gasteiger partial charge in [-0.3, -0.25) is 19.4 Å². The van der Waals surface area contributed by atoms with Gasteiger partial charge in [-0.15, -0.1) is 0 Å². The van der Waals surface area contributed by atoms with E-state index >= 15 is 0 Å². The Labute approximate surface area is 211 Å². The highest BCUT2D eigenvalue weighted by molar-refractivity contribution is 8.06. The third-order valence-corrected chi connectivity index (χ3v) is 7.86. The van der Waals surface area contributed by atoms with Gasteiger partial charge in [0.25, 0.3) is 15.9 Å². The predicted octanol–water partition coefficient (Wildman–Crippen LogP) is 0.691. The van der Waals surface area contributed by atoms with Gasteiger partial charge < -0.3 is 15.7 Å². The second-order valence-electron chi connectivity index (χ2n) is 9.48. The zero-order chi connectivity index (χ0) is 26.5. The molecule has 11 nitrogen and oxygen atoms in total. The first-order valence-corrected chi connectivity index (χ1v) is 13.4. The molecule has 2 amide bonds. The predicted molar refractivity (Wildman–Crippen MR) is 134 cm³/mol. The maximum Gasteiger partial charge on any atom is 0.264 e. The van der Waals surface area contributed by atoms with E-state index in [9.17, 15) is 27.9 Å². The highest BCUT2D eigenvalue weighted by Crippen LogP contribution is 2.19. The molecule has 36 heavy (non-hydrogen) atoms. The monoisotopic (exact) mass is 519 g/mol. The van der Waals surface area contributed by atoms with E-state index in [0.717, 1.165) is 10.00 Å². The van der Waals surface area contributed by atoms with Crippen LogP contribution in [0.5, 0.6) is 0 Å². The number of carbonyl (C=O) groups excluding carboxylic acids is 3. The lowest BCUT2D eigenvalue weighted by molar-refractivity contribution is -0.125. The number of amides is 2. The molecule has 3 N–H and O–H groups in total. The van der Waals surface area contributed by atoms with Crippen LogP contribution in [0.1, 0.15) is 55.6 Å². The van der Waals surface area contributed by atoms with E-state index in [4.69, 9.17) is 0 Å². The number of allylic oxidation sites excluding steroid dienone is 1. The Morgan fingerprint density at radius 1 is 1.28 bits per heavy atom. The molecule has 0 bridgehead atoms. The number of rotatable bonds is 7. The van der Waals surface area contributed by atoms with Crippen molar-refractivity contribution in [3.63, 3.8) is 0 Å². The summed E-state index contributed by atoms with van der Waals surface area (Å²) in [6.07, 6.45) is 3.99. The van der Waals surface area contributed by atoms with Gasteiger partial charge in [-0.05, 0) is 44.2 Å². The van der Waals surface area contributed by atoms with Gasteiger partial charge in [0.05, 0.1) is 17.7 Å². The van der Waals surface area contributed by atoms with E-state index in [2.05, 4.69) is 20.6 Å². The molecule has 196 valence electrons. The Kier molecular flexibility index (Phi) is 9.09. The van der Waals surface area contributed by atoms with Gasteiger partial charge in [0, 0.05) is 37.6 Å². The molecular formula is C24H33N5O6S. The number of hydrogen-bond acceptors (Lipinski definition) is 8. The van der Waals surface area contributed by atoms with Gasteiger partial charge in [0.15, 0.2) is 5.78 Å². The first kappa shape index (κ1) is 27.6. The molecule has 1 aromatic rings. The molecule has 3 heterocycles. The number of pyridine rings is 1. The Hall–Kier alpha value is -2.96. The summed E-state index contributed by atoms with van der Waals surface area (Å²) in [4.78, 5) is 45.8. The van der Waals surface area contributed by atoms with Gasteiger partial charge in [-0.1, -0.05) is 19.9 Å². The molecule has 2 aliphatic heterocycles. The number of sulfonamides is 1. The summed E-state index contributed by atoms with van der Waals surface area (Å²) < 4.78 is 27.0. The first-order chi connectivity index (χ1) is 17.0. The first-order valence-electron chi connectivity index (χ1n) is 12.0. The van der Waals surface area contributed by atoms with Crippen molar-refractivity contribution in [2.24, 2.45) is 10.9 Å². The number of aliphatic hydroxyl groups excluding tert-OH is 1. The Morgan fingerprint density at radius 3 is 2.67 bits per heavy atom. The van der Waals surface area contributed by atoms with Crippen LogP contribution in [0, 0.1) is 12.8 Å². The molecule has 0 radical (unpaired) electrons. The third-order valence-electron chi connectivity index (χ3n) is 6.03. The van der Waals surface area contributed by atoms with Crippen molar-refractivity contribution in [1.29, 1.82) is 0 Å². The summed E-state index contributed by atoms with van der Waals surface area (Å²) in [5.74, 6) is -1.40. The molecule has 0 saturated carbocycles. The Bertz CT molecular complexity index is 1150. The van der Waals surface area contributed by atoms with Crippen molar-refractivity contribution in [3.8, 4) is 0 Å². The number of β-amino-alcohol motifs (C(OH)–C–C–N with tert-alkyl or cyclic N) is 1. The summed E-state index contributed by atoms with van der Waals surface area (Å²) >= 11 is 0. The SMILES string of the molecule is Cc1ccc(C(=O)NC(CC(C)C)C(=O)NC2CCCN(S(=O)(=O)C3=NC=CCC3=O)C[C@@H]2O)cn1. The van der Waals surface area contributed by atoms with Crippen molar-refractivity contribution in [2.75, 3.05) is 13.1 Å².